The smallest absolute Gasteiger partial charge is 0.269 e. The number of nitrogens with one attached hydrogen (secondary N) is 2. The Kier molecular flexibility index (Phi) is 4.52. The molecule has 19 heavy (non-hydrogen) atoms. The standard InChI is InChI=1S/C14H17N3OS/c1-3-15-14(18)12-8-11(4-6-16-12)17-9-13-10(2)5-7-19-13/h4-8H,3,9H2,1-2H3,(H,15,18)(H,16,17). The molecule has 0 aliphatic rings. The van der Waals surface area contributed by atoms with Gasteiger partial charge in [0, 0.05) is 29.9 Å². The van der Waals surface area contributed by atoms with Crippen LogP contribution >= 0.6 is 11.3 Å². The third-order valence-corrected chi connectivity index (χ3v) is 3.77. The third-order valence-electron chi connectivity index (χ3n) is 2.75. The number of thiophene rings is 1. The van der Waals surface area contributed by atoms with Crippen molar-refractivity contribution in [3.63, 3.8) is 0 Å². The lowest BCUT2D eigenvalue weighted by Crippen LogP contribution is -2.23. The normalized spacial score (nSPS) is 10.2. The first-order chi connectivity index (χ1) is 9.20. The number of aromatic nitrogens is 1. The van der Waals surface area contributed by atoms with Crippen molar-refractivity contribution in [2.75, 3.05) is 11.9 Å². The first-order valence-electron chi connectivity index (χ1n) is 6.21. The van der Waals surface area contributed by atoms with E-state index in [1.807, 2.05) is 13.0 Å². The number of carbonyl (C=O) groups is 1. The van der Waals surface area contributed by atoms with Crippen molar-refractivity contribution in [3.05, 3.63) is 45.9 Å². The Labute approximate surface area is 116 Å². The van der Waals surface area contributed by atoms with Crippen molar-refractivity contribution in [1.82, 2.24) is 10.3 Å². The van der Waals surface area contributed by atoms with E-state index in [-0.39, 0.29) is 5.91 Å². The van der Waals surface area contributed by atoms with Crippen LogP contribution in [0.1, 0.15) is 27.9 Å². The molecule has 1 amide bonds. The van der Waals surface area contributed by atoms with Gasteiger partial charge in [-0.2, -0.15) is 0 Å². The predicted octanol–water partition coefficient (Wildman–Crippen LogP) is 2.81. The van der Waals surface area contributed by atoms with Crippen molar-refractivity contribution >= 4 is 22.9 Å². The van der Waals surface area contributed by atoms with E-state index >= 15 is 0 Å². The lowest BCUT2D eigenvalue weighted by molar-refractivity contribution is 0.0951. The van der Waals surface area contributed by atoms with Gasteiger partial charge in [-0.15, -0.1) is 11.3 Å². The molecule has 0 spiro atoms. The van der Waals surface area contributed by atoms with Gasteiger partial charge in [0.05, 0.1) is 0 Å². The fraction of sp³-hybridized carbons (Fsp3) is 0.286. The summed E-state index contributed by atoms with van der Waals surface area (Å²) in [7, 11) is 0. The second-order valence-electron chi connectivity index (χ2n) is 4.17. The number of carbonyl (C=O) groups excluding carboxylic acids is 1. The number of rotatable bonds is 5. The number of aryl methyl sites for hydroxylation is 1. The molecule has 0 atom stereocenters. The molecule has 0 aliphatic carbocycles. The first kappa shape index (κ1) is 13.5. The molecule has 0 saturated carbocycles. The van der Waals surface area contributed by atoms with Crippen LogP contribution in [-0.2, 0) is 6.54 Å². The van der Waals surface area contributed by atoms with E-state index in [1.54, 1.807) is 23.6 Å². The van der Waals surface area contributed by atoms with Crippen molar-refractivity contribution in [1.29, 1.82) is 0 Å². The summed E-state index contributed by atoms with van der Waals surface area (Å²) in [4.78, 5) is 17.1. The van der Waals surface area contributed by atoms with E-state index < -0.39 is 0 Å². The van der Waals surface area contributed by atoms with Crippen LogP contribution in [0.3, 0.4) is 0 Å². The molecule has 0 aromatic carbocycles. The van der Waals surface area contributed by atoms with Gasteiger partial charge in [-0.05, 0) is 43.0 Å². The van der Waals surface area contributed by atoms with Crippen molar-refractivity contribution in [2.45, 2.75) is 20.4 Å². The predicted molar refractivity (Wildman–Crippen MR) is 78.6 cm³/mol. The van der Waals surface area contributed by atoms with Crippen LogP contribution < -0.4 is 10.6 Å². The molecule has 0 aliphatic heterocycles. The molecule has 0 fully saturated rings. The Hall–Kier alpha value is -1.88. The molecule has 0 radical (unpaired) electrons. The van der Waals surface area contributed by atoms with Gasteiger partial charge in [0.1, 0.15) is 5.69 Å². The molecule has 100 valence electrons. The fourth-order valence-electron chi connectivity index (χ4n) is 1.68. The molecule has 2 aromatic heterocycles. The molecule has 2 rings (SSSR count). The van der Waals surface area contributed by atoms with Gasteiger partial charge in [0.25, 0.3) is 5.91 Å². The van der Waals surface area contributed by atoms with Gasteiger partial charge in [-0.25, -0.2) is 0 Å². The summed E-state index contributed by atoms with van der Waals surface area (Å²) in [6.07, 6.45) is 1.65. The monoisotopic (exact) mass is 275 g/mol. The van der Waals surface area contributed by atoms with E-state index in [4.69, 9.17) is 0 Å². The molecule has 0 bridgehead atoms. The number of amides is 1. The molecule has 0 saturated heterocycles. The number of hydrogen-bond acceptors (Lipinski definition) is 4. The highest BCUT2D eigenvalue weighted by Gasteiger charge is 2.06. The van der Waals surface area contributed by atoms with Crippen LogP contribution in [0.2, 0.25) is 0 Å². The molecule has 0 unspecified atom stereocenters. The zero-order valence-corrected chi connectivity index (χ0v) is 11.9. The largest absolute Gasteiger partial charge is 0.380 e. The molecular formula is C14H17N3OS. The van der Waals surface area contributed by atoms with Crippen molar-refractivity contribution < 1.29 is 4.79 Å². The highest BCUT2D eigenvalue weighted by atomic mass is 32.1. The van der Waals surface area contributed by atoms with Crippen LogP contribution in [0, 0.1) is 6.92 Å². The quantitative estimate of drug-likeness (QED) is 0.882. The third kappa shape index (κ3) is 3.54. The Morgan fingerprint density at radius 3 is 2.95 bits per heavy atom. The average molecular weight is 275 g/mol. The minimum Gasteiger partial charge on any atom is -0.380 e. The Bertz CT molecular complexity index is 565. The zero-order valence-electron chi connectivity index (χ0n) is 11.1. The van der Waals surface area contributed by atoms with E-state index in [0.29, 0.717) is 12.2 Å². The summed E-state index contributed by atoms with van der Waals surface area (Å²) < 4.78 is 0. The van der Waals surface area contributed by atoms with E-state index in [2.05, 4.69) is 34.0 Å². The van der Waals surface area contributed by atoms with Gasteiger partial charge in [-0.1, -0.05) is 0 Å². The van der Waals surface area contributed by atoms with Crippen LogP contribution in [0.15, 0.2) is 29.8 Å². The Morgan fingerprint density at radius 1 is 1.42 bits per heavy atom. The first-order valence-corrected chi connectivity index (χ1v) is 7.09. The van der Waals surface area contributed by atoms with Crippen LogP contribution in [-0.4, -0.2) is 17.4 Å². The van der Waals surface area contributed by atoms with Crippen molar-refractivity contribution in [3.8, 4) is 0 Å². The highest BCUT2D eigenvalue weighted by molar-refractivity contribution is 7.10. The molecular weight excluding hydrogens is 258 g/mol. The number of hydrogen-bond donors (Lipinski definition) is 2. The number of pyridine rings is 1. The minimum absolute atomic E-state index is 0.140. The van der Waals surface area contributed by atoms with E-state index in [9.17, 15) is 4.79 Å². The SMILES string of the molecule is CCNC(=O)c1cc(NCc2sccc2C)ccn1. The van der Waals surface area contributed by atoms with Gasteiger partial charge in [0.2, 0.25) is 0 Å². The molecule has 4 nitrogen and oxygen atoms in total. The maximum atomic E-state index is 11.7. The average Bonchev–Trinajstić information content (AvgIpc) is 2.82. The van der Waals surface area contributed by atoms with Gasteiger partial charge >= 0.3 is 0 Å². The fourth-order valence-corrected chi connectivity index (χ4v) is 2.53. The van der Waals surface area contributed by atoms with Crippen molar-refractivity contribution in [2.24, 2.45) is 0 Å². The summed E-state index contributed by atoms with van der Waals surface area (Å²) in [5.74, 6) is -0.140. The highest BCUT2D eigenvalue weighted by Crippen LogP contribution is 2.17. The second kappa shape index (κ2) is 6.33. The number of anilines is 1. The number of nitrogens with zero attached hydrogens (tertiary/aromatic N) is 1. The maximum Gasteiger partial charge on any atom is 0.269 e. The summed E-state index contributed by atoms with van der Waals surface area (Å²) in [5, 5.41) is 8.14. The summed E-state index contributed by atoms with van der Waals surface area (Å²) in [5.41, 5.74) is 2.63. The zero-order chi connectivity index (χ0) is 13.7. The second-order valence-corrected chi connectivity index (χ2v) is 5.17. The van der Waals surface area contributed by atoms with E-state index in [1.165, 1.54) is 10.4 Å². The molecule has 2 heterocycles. The van der Waals surface area contributed by atoms with Crippen LogP contribution in [0.25, 0.3) is 0 Å². The van der Waals surface area contributed by atoms with Gasteiger partial charge < -0.3 is 10.6 Å². The molecule has 2 aromatic rings. The summed E-state index contributed by atoms with van der Waals surface area (Å²) >= 11 is 1.73. The maximum absolute atomic E-state index is 11.7. The Morgan fingerprint density at radius 2 is 2.26 bits per heavy atom. The van der Waals surface area contributed by atoms with Crippen LogP contribution in [0.4, 0.5) is 5.69 Å². The van der Waals surface area contributed by atoms with Gasteiger partial charge in [0.15, 0.2) is 0 Å². The summed E-state index contributed by atoms with van der Waals surface area (Å²) in [6, 6.07) is 5.74. The van der Waals surface area contributed by atoms with Gasteiger partial charge in [-0.3, -0.25) is 9.78 Å². The van der Waals surface area contributed by atoms with Crippen LogP contribution in [0.5, 0.6) is 0 Å². The summed E-state index contributed by atoms with van der Waals surface area (Å²) in [6.45, 7) is 5.36. The van der Waals surface area contributed by atoms with E-state index in [0.717, 1.165) is 12.2 Å². The topological polar surface area (TPSA) is 54.0 Å². The Balaban J connectivity index is 2.03. The molecule has 2 N–H and O–H groups in total. The minimum atomic E-state index is -0.140. The molecule has 5 heteroatoms. The lowest BCUT2D eigenvalue weighted by Gasteiger charge is -2.07. The lowest BCUT2D eigenvalue weighted by atomic mass is 10.2.